The molecule has 24 heavy (non-hydrogen) atoms. The normalized spacial score (nSPS) is 16.4. The van der Waals surface area contributed by atoms with Crippen LogP contribution in [-0.2, 0) is 21.1 Å². The van der Waals surface area contributed by atoms with Gasteiger partial charge in [-0.15, -0.1) is 13.1 Å². The number of nitrogens with zero attached hydrogens (tertiary/aromatic N) is 4. The first-order chi connectivity index (χ1) is 11.3. The van der Waals surface area contributed by atoms with Gasteiger partial charge in [-0.05, 0) is 25.5 Å². The van der Waals surface area contributed by atoms with Crippen molar-refractivity contribution in [3.63, 3.8) is 0 Å². The van der Waals surface area contributed by atoms with Crippen LogP contribution in [0.2, 0.25) is 0 Å². The fourth-order valence-electron chi connectivity index (χ4n) is 2.44. The second-order valence-corrected chi connectivity index (χ2v) is 5.27. The van der Waals surface area contributed by atoms with Crippen LogP contribution in [0.25, 0.3) is 16.6 Å². The Morgan fingerprint density at radius 1 is 1.38 bits per heavy atom. The van der Waals surface area contributed by atoms with E-state index >= 15 is 0 Å². The van der Waals surface area contributed by atoms with Crippen LogP contribution in [0.3, 0.4) is 0 Å². The molecule has 1 unspecified atom stereocenters. The van der Waals surface area contributed by atoms with E-state index in [4.69, 9.17) is 10.1 Å². The maximum atomic E-state index is 7.57. The molecule has 2 N–H and O–H groups in total. The zero-order chi connectivity index (χ0) is 16.5. The quantitative estimate of drug-likeness (QED) is 0.681. The van der Waals surface area contributed by atoms with Crippen LogP contribution in [0.4, 0.5) is 5.82 Å². The van der Waals surface area contributed by atoms with Crippen molar-refractivity contribution in [3.8, 4) is 11.3 Å². The summed E-state index contributed by atoms with van der Waals surface area (Å²) in [6.45, 7) is 3.73. The molecule has 1 atom stereocenters. The van der Waals surface area contributed by atoms with Gasteiger partial charge < -0.3 is 15.7 Å². The molecule has 3 rings (SSSR count). The standard InChI is InChI=1S/C15H18N5.C2H6O.W/c1-16-14-8-13(11-4-2-6-17-9-11)19-15(20-14)12-5-3-7-18-10-12;1-2-3;/h2,4,6,8-9,12H,3,5,7,10H2,1H3,(H,16,19,20);3H,2H2,1H3;/q-1;;. The molecule has 1 aliphatic heterocycles. The predicted molar refractivity (Wildman–Crippen MR) is 92.6 cm³/mol. The van der Waals surface area contributed by atoms with Crippen LogP contribution < -0.4 is 5.32 Å². The minimum absolute atomic E-state index is 0. The van der Waals surface area contributed by atoms with Gasteiger partial charge in [0.25, 0.3) is 0 Å². The van der Waals surface area contributed by atoms with Crippen molar-refractivity contribution in [2.45, 2.75) is 25.7 Å². The molecule has 3 heterocycles. The third-order valence-corrected chi connectivity index (χ3v) is 3.54. The number of nitrogens with one attached hydrogen (secondary N) is 1. The molecule has 0 aliphatic carbocycles. The maximum absolute atomic E-state index is 7.57. The Kier molecular flexibility index (Phi) is 9.68. The summed E-state index contributed by atoms with van der Waals surface area (Å²) in [6, 6.07) is 5.90. The topological polar surface area (TPSA) is 85.0 Å². The number of hydrogen-bond acceptors (Lipinski definition) is 5. The van der Waals surface area contributed by atoms with Gasteiger partial charge in [-0.3, -0.25) is 4.98 Å². The molecule has 130 valence electrons. The van der Waals surface area contributed by atoms with Gasteiger partial charge in [0.2, 0.25) is 0 Å². The largest absolute Gasteiger partial charge is 0.662 e. The second kappa shape index (κ2) is 11.2. The molecular formula is C17H24N5OW-. The molecule has 1 aliphatic rings. The Morgan fingerprint density at radius 2 is 2.17 bits per heavy atom. The molecule has 0 bridgehead atoms. The third-order valence-electron chi connectivity index (χ3n) is 3.54. The Hall–Kier alpha value is -1.36. The SMILES string of the molecule is CCO.CNc1cc(-c2cccnc2)nc(C2CCC[N-]C2)n1.[W]. The Labute approximate surface area is 157 Å². The molecule has 0 aromatic carbocycles. The summed E-state index contributed by atoms with van der Waals surface area (Å²) < 4.78 is 0. The van der Waals surface area contributed by atoms with Crippen molar-refractivity contribution in [2.24, 2.45) is 0 Å². The van der Waals surface area contributed by atoms with E-state index in [-0.39, 0.29) is 27.7 Å². The van der Waals surface area contributed by atoms with E-state index in [0.717, 1.165) is 48.8 Å². The third kappa shape index (κ3) is 5.93. The van der Waals surface area contributed by atoms with E-state index in [9.17, 15) is 0 Å². The van der Waals surface area contributed by atoms with Gasteiger partial charge in [-0.25, -0.2) is 9.97 Å². The summed E-state index contributed by atoms with van der Waals surface area (Å²) in [5.41, 5.74) is 1.93. The Morgan fingerprint density at radius 3 is 2.75 bits per heavy atom. The first-order valence-corrected chi connectivity index (χ1v) is 7.99. The number of rotatable bonds is 3. The minimum Gasteiger partial charge on any atom is -0.662 e. The Bertz CT molecular complexity index is 591. The summed E-state index contributed by atoms with van der Waals surface area (Å²) in [7, 11) is 1.88. The molecule has 0 spiro atoms. The minimum atomic E-state index is 0. The first kappa shape index (κ1) is 20.7. The van der Waals surface area contributed by atoms with Gasteiger partial charge in [-0.2, -0.15) is 0 Å². The van der Waals surface area contributed by atoms with Crippen molar-refractivity contribution in [2.75, 3.05) is 32.1 Å². The van der Waals surface area contributed by atoms with E-state index in [2.05, 4.69) is 20.6 Å². The summed E-state index contributed by atoms with van der Waals surface area (Å²) in [4.78, 5) is 13.5. The molecule has 0 radical (unpaired) electrons. The Balaban J connectivity index is 0.000000671. The van der Waals surface area contributed by atoms with Crippen LogP contribution in [0.5, 0.6) is 0 Å². The fourth-order valence-corrected chi connectivity index (χ4v) is 2.44. The monoisotopic (exact) mass is 498 g/mol. The van der Waals surface area contributed by atoms with E-state index in [1.54, 1.807) is 13.1 Å². The number of hydrogen-bond donors (Lipinski definition) is 2. The van der Waals surface area contributed by atoms with Gasteiger partial charge in [0.1, 0.15) is 11.6 Å². The van der Waals surface area contributed by atoms with Gasteiger partial charge >= 0.3 is 0 Å². The van der Waals surface area contributed by atoms with E-state index in [1.807, 2.05) is 31.4 Å². The van der Waals surface area contributed by atoms with Crippen molar-refractivity contribution in [1.29, 1.82) is 0 Å². The van der Waals surface area contributed by atoms with E-state index < -0.39 is 0 Å². The molecule has 2 aromatic heterocycles. The van der Waals surface area contributed by atoms with Crippen molar-refractivity contribution in [3.05, 3.63) is 41.7 Å². The van der Waals surface area contributed by atoms with Gasteiger partial charge in [0.15, 0.2) is 0 Å². The van der Waals surface area contributed by atoms with Gasteiger partial charge in [0.05, 0.1) is 5.69 Å². The van der Waals surface area contributed by atoms with Gasteiger partial charge in [-0.1, -0.05) is 6.42 Å². The average molecular weight is 498 g/mol. The molecule has 7 heteroatoms. The molecule has 6 nitrogen and oxygen atoms in total. The molecule has 1 fully saturated rings. The van der Waals surface area contributed by atoms with E-state index in [0.29, 0.717) is 5.92 Å². The summed E-state index contributed by atoms with van der Waals surface area (Å²) in [5, 5.41) is 15.2. The zero-order valence-corrected chi connectivity index (χ0v) is 17.1. The van der Waals surface area contributed by atoms with Crippen LogP contribution in [0, 0.1) is 0 Å². The average Bonchev–Trinajstić information content (AvgIpc) is 2.63. The van der Waals surface area contributed by atoms with Crippen LogP contribution >= 0.6 is 0 Å². The van der Waals surface area contributed by atoms with Crippen molar-refractivity contribution >= 4 is 5.82 Å². The predicted octanol–water partition coefficient (Wildman–Crippen LogP) is 2.83. The number of anilines is 1. The number of aromatic nitrogens is 3. The summed E-state index contributed by atoms with van der Waals surface area (Å²) in [5.74, 6) is 2.08. The number of piperidine rings is 1. The molecule has 2 aromatic rings. The van der Waals surface area contributed by atoms with E-state index in [1.165, 1.54) is 0 Å². The molecule has 1 saturated heterocycles. The van der Waals surface area contributed by atoms with Crippen molar-refractivity contribution < 1.29 is 26.2 Å². The van der Waals surface area contributed by atoms with Crippen LogP contribution in [0.15, 0.2) is 30.6 Å². The van der Waals surface area contributed by atoms with Crippen LogP contribution in [-0.4, -0.2) is 46.8 Å². The smallest absolute Gasteiger partial charge is 0.132 e. The van der Waals surface area contributed by atoms with Gasteiger partial charge in [0, 0.05) is 64.7 Å². The van der Waals surface area contributed by atoms with Crippen LogP contribution in [0.1, 0.15) is 31.5 Å². The summed E-state index contributed by atoms with van der Waals surface area (Å²) in [6.07, 6.45) is 5.84. The number of aliphatic hydroxyl groups is 1. The first-order valence-electron chi connectivity index (χ1n) is 7.99. The number of aliphatic hydroxyl groups excluding tert-OH is 1. The second-order valence-electron chi connectivity index (χ2n) is 5.27. The molecule has 0 amide bonds. The fraction of sp³-hybridized carbons (Fsp3) is 0.471. The molecule has 0 saturated carbocycles. The number of pyridine rings is 1. The zero-order valence-electron chi connectivity index (χ0n) is 14.1. The summed E-state index contributed by atoms with van der Waals surface area (Å²) >= 11 is 0. The maximum Gasteiger partial charge on any atom is 0.132 e. The molecular weight excluding hydrogens is 474 g/mol. The van der Waals surface area contributed by atoms with Crippen molar-refractivity contribution in [1.82, 2.24) is 15.0 Å².